The molecule has 1 aromatic carbocycles. The van der Waals surface area contributed by atoms with Crippen LogP contribution < -0.4 is 0 Å². The number of carbonyl (C=O) groups excluding carboxylic acids is 1. The van der Waals surface area contributed by atoms with Gasteiger partial charge in [-0.15, -0.1) is 0 Å². The Morgan fingerprint density at radius 1 is 1.22 bits per heavy atom. The lowest BCUT2D eigenvalue weighted by Crippen LogP contribution is -2.00. The van der Waals surface area contributed by atoms with Crippen molar-refractivity contribution >= 4 is 27.4 Å². The number of benzene rings is 1. The largest absolute Gasteiger partial charge is 0.289 e. The zero-order chi connectivity index (χ0) is 12.5. The molecular weight excluding hydrogens is 294 g/mol. The van der Waals surface area contributed by atoms with E-state index in [1.165, 1.54) is 0 Å². The highest BCUT2D eigenvalue weighted by molar-refractivity contribution is 9.10. The minimum absolute atomic E-state index is 0.0915. The Kier molecular flexibility index (Phi) is 2.68. The second kappa shape index (κ2) is 4.34. The van der Waals surface area contributed by atoms with Crippen LogP contribution in [0.5, 0.6) is 0 Å². The van der Waals surface area contributed by atoms with Crippen molar-refractivity contribution in [1.82, 2.24) is 14.4 Å². The molecule has 3 aromatic rings. The summed E-state index contributed by atoms with van der Waals surface area (Å²) in [6.45, 7) is 0. The van der Waals surface area contributed by atoms with Crippen molar-refractivity contribution in [2.75, 3.05) is 0 Å². The quantitative estimate of drug-likeness (QED) is 0.684. The van der Waals surface area contributed by atoms with Crippen LogP contribution in [0.3, 0.4) is 0 Å². The van der Waals surface area contributed by atoms with E-state index in [2.05, 4.69) is 25.9 Å². The number of rotatable bonds is 2. The molecule has 2 heterocycles. The molecule has 0 aliphatic rings. The first-order valence-corrected chi connectivity index (χ1v) is 6.13. The topological polar surface area (TPSA) is 47.3 Å². The fourth-order valence-electron chi connectivity index (χ4n) is 1.73. The molecule has 88 valence electrons. The summed E-state index contributed by atoms with van der Waals surface area (Å²) in [5.41, 5.74) is 1.73. The summed E-state index contributed by atoms with van der Waals surface area (Å²) in [5, 5.41) is 0. The van der Waals surface area contributed by atoms with Crippen LogP contribution >= 0.6 is 15.9 Å². The smallest absolute Gasteiger partial charge is 0.212 e. The van der Waals surface area contributed by atoms with Crippen LogP contribution in [0, 0.1) is 0 Å². The molecule has 0 aliphatic carbocycles. The molecular formula is C13H8BrN3O. The van der Waals surface area contributed by atoms with Crippen LogP contribution in [-0.2, 0) is 0 Å². The van der Waals surface area contributed by atoms with E-state index in [0.29, 0.717) is 16.9 Å². The molecule has 0 fully saturated rings. The molecule has 0 saturated carbocycles. The maximum atomic E-state index is 12.2. The Labute approximate surface area is 111 Å². The Balaban J connectivity index is 2.10. The highest BCUT2D eigenvalue weighted by Crippen LogP contribution is 2.17. The number of hydrogen-bond acceptors (Lipinski definition) is 3. The van der Waals surface area contributed by atoms with E-state index in [1.807, 2.05) is 18.2 Å². The number of hydrogen-bond donors (Lipinski definition) is 0. The van der Waals surface area contributed by atoms with Crippen molar-refractivity contribution in [2.45, 2.75) is 0 Å². The van der Waals surface area contributed by atoms with E-state index >= 15 is 0 Å². The van der Waals surface area contributed by atoms with E-state index < -0.39 is 0 Å². The van der Waals surface area contributed by atoms with Crippen LogP contribution in [0.2, 0.25) is 0 Å². The van der Waals surface area contributed by atoms with E-state index in [9.17, 15) is 4.79 Å². The minimum Gasteiger partial charge on any atom is -0.289 e. The molecule has 0 aliphatic heterocycles. The minimum atomic E-state index is -0.0915. The zero-order valence-corrected chi connectivity index (χ0v) is 10.8. The molecule has 0 amide bonds. The Morgan fingerprint density at radius 3 is 2.72 bits per heavy atom. The van der Waals surface area contributed by atoms with Crippen molar-refractivity contribution < 1.29 is 4.79 Å². The number of carbonyl (C=O) groups is 1. The van der Waals surface area contributed by atoms with Crippen molar-refractivity contribution in [3.8, 4) is 0 Å². The third-order valence-corrected chi connectivity index (χ3v) is 3.15. The molecule has 0 N–H and O–H groups in total. The van der Waals surface area contributed by atoms with Gasteiger partial charge in [-0.2, -0.15) is 0 Å². The van der Waals surface area contributed by atoms with Crippen LogP contribution in [0.4, 0.5) is 0 Å². The molecule has 18 heavy (non-hydrogen) atoms. The average Bonchev–Trinajstić information content (AvgIpc) is 2.84. The highest BCUT2D eigenvalue weighted by Gasteiger charge is 2.13. The SMILES string of the molecule is O=C(c1ccccc1)c1cn2cncc(Br)c2n1. The third-order valence-electron chi connectivity index (χ3n) is 2.59. The van der Waals surface area contributed by atoms with Gasteiger partial charge >= 0.3 is 0 Å². The molecule has 5 heteroatoms. The lowest BCUT2D eigenvalue weighted by molar-refractivity contribution is 0.103. The van der Waals surface area contributed by atoms with Crippen molar-refractivity contribution in [1.29, 1.82) is 0 Å². The summed E-state index contributed by atoms with van der Waals surface area (Å²) in [4.78, 5) is 20.6. The van der Waals surface area contributed by atoms with Gasteiger partial charge in [0.15, 0.2) is 5.65 Å². The van der Waals surface area contributed by atoms with Gasteiger partial charge in [0.2, 0.25) is 5.78 Å². The fourth-order valence-corrected chi connectivity index (χ4v) is 2.15. The van der Waals surface area contributed by atoms with Gasteiger partial charge in [-0.3, -0.25) is 9.20 Å². The predicted octanol–water partition coefficient (Wildman–Crippen LogP) is 2.72. The van der Waals surface area contributed by atoms with Crippen molar-refractivity contribution in [3.05, 3.63) is 64.8 Å². The summed E-state index contributed by atoms with van der Waals surface area (Å²) >= 11 is 3.36. The molecule has 0 unspecified atom stereocenters. The van der Waals surface area contributed by atoms with Gasteiger partial charge in [0.25, 0.3) is 0 Å². The van der Waals surface area contributed by atoms with Crippen LogP contribution in [0.25, 0.3) is 5.65 Å². The number of aromatic nitrogens is 3. The molecule has 2 aromatic heterocycles. The van der Waals surface area contributed by atoms with E-state index in [0.717, 1.165) is 4.47 Å². The van der Waals surface area contributed by atoms with Gasteiger partial charge in [-0.05, 0) is 15.9 Å². The molecule has 0 saturated heterocycles. The Hall–Kier alpha value is -2.01. The van der Waals surface area contributed by atoms with Crippen LogP contribution in [0.15, 0.2) is 53.5 Å². The fraction of sp³-hybridized carbons (Fsp3) is 0. The zero-order valence-electron chi connectivity index (χ0n) is 9.25. The predicted molar refractivity (Wildman–Crippen MR) is 70.6 cm³/mol. The number of ketones is 1. The maximum Gasteiger partial charge on any atom is 0.212 e. The normalized spacial score (nSPS) is 10.7. The van der Waals surface area contributed by atoms with E-state index in [4.69, 9.17) is 0 Å². The summed E-state index contributed by atoms with van der Waals surface area (Å²) in [6, 6.07) is 9.10. The molecule has 0 atom stereocenters. The second-order valence-corrected chi connectivity index (χ2v) is 4.65. The molecule has 0 bridgehead atoms. The lowest BCUT2D eigenvalue weighted by Gasteiger charge is -1.95. The van der Waals surface area contributed by atoms with Gasteiger partial charge in [-0.1, -0.05) is 30.3 Å². The number of nitrogens with zero attached hydrogens (tertiary/aromatic N) is 3. The number of imidazole rings is 1. The van der Waals surface area contributed by atoms with Gasteiger partial charge in [0, 0.05) is 18.0 Å². The number of halogens is 1. The van der Waals surface area contributed by atoms with Crippen LogP contribution in [-0.4, -0.2) is 20.2 Å². The molecule has 3 rings (SSSR count). The van der Waals surface area contributed by atoms with Gasteiger partial charge in [0.05, 0.1) is 4.47 Å². The van der Waals surface area contributed by atoms with Crippen molar-refractivity contribution in [3.63, 3.8) is 0 Å². The Bertz CT molecular complexity index is 721. The van der Waals surface area contributed by atoms with Gasteiger partial charge in [-0.25, -0.2) is 9.97 Å². The standard InChI is InChI=1S/C13H8BrN3O/c14-10-6-15-8-17-7-11(16-13(10)17)12(18)9-4-2-1-3-5-9/h1-8H. The molecule has 0 spiro atoms. The summed E-state index contributed by atoms with van der Waals surface area (Å²) in [5.74, 6) is -0.0915. The highest BCUT2D eigenvalue weighted by atomic mass is 79.9. The van der Waals surface area contributed by atoms with Gasteiger partial charge < -0.3 is 0 Å². The third kappa shape index (κ3) is 1.82. The molecule has 4 nitrogen and oxygen atoms in total. The molecule has 0 radical (unpaired) electrons. The summed E-state index contributed by atoms with van der Waals surface area (Å²) in [6.07, 6.45) is 4.95. The summed E-state index contributed by atoms with van der Waals surface area (Å²) < 4.78 is 2.48. The van der Waals surface area contributed by atoms with E-state index in [-0.39, 0.29) is 5.78 Å². The maximum absolute atomic E-state index is 12.2. The number of fused-ring (bicyclic) bond motifs is 1. The van der Waals surface area contributed by atoms with Gasteiger partial charge in [0.1, 0.15) is 12.0 Å². The monoisotopic (exact) mass is 301 g/mol. The lowest BCUT2D eigenvalue weighted by atomic mass is 10.1. The van der Waals surface area contributed by atoms with Crippen molar-refractivity contribution in [2.24, 2.45) is 0 Å². The summed E-state index contributed by atoms with van der Waals surface area (Å²) in [7, 11) is 0. The first-order valence-electron chi connectivity index (χ1n) is 5.33. The van der Waals surface area contributed by atoms with Crippen LogP contribution in [0.1, 0.15) is 16.1 Å². The average molecular weight is 302 g/mol. The Morgan fingerprint density at radius 2 is 2.00 bits per heavy atom. The first-order chi connectivity index (χ1) is 8.75. The van der Waals surface area contributed by atoms with E-state index in [1.54, 1.807) is 35.3 Å². The first kappa shape index (κ1) is 11.1. The second-order valence-electron chi connectivity index (χ2n) is 3.79.